The molecule has 1 saturated carbocycles. The highest BCUT2D eigenvalue weighted by Crippen LogP contribution is 2.29. The first kappa shape index (κ1) is 37.4. The van der Waals surface area contributed by atoms with E-state index in [1.54, 1.807) is 36.3 Å². The van der Waals surface area contributed by atoms with E-state index in [2.05, 4.69) is 16.8 Å². The van der Waals surface area contributed by atoms with Gasteiger partial charge in [0, 0.05) is 68.1 Å². The number of piperidine rings is 1. The lowest BCUT2D eigenvalue weighted by molar-refractivity contribution is -0.134. The molecule has 0 aromatic heterocycles. The Bertz CT molecular complexity index is 1200. The van der Waals surface area contributed by atoms with Crippen LogP contribution in [0.4, 0.5) is 0 Å². The van der Waals surface area contributed by atoms with E-state index >= 15 is 0 Å². The molecule has 0 unspecified atom stereocenters. The van der Waals surface area contributed by atoms with E-state index in [1.807, 2.05) is 4.90 Å². The molecule has 0 atom stereocenters. The van der Waals surface area contributed by atoms with Gasteiger partial charge in [0.1, 0.15) is 12.3 Å². The summed E-state index contributed by atoms with van der Waals surface area (Å²) in [6, 6.07) is 8.00. The topological polar surface area (TPSA) is 206 Å². The fraction of sp³-hybridized carbons (Fsp3) is 0.484. The summed E-state index contributed by atoms with van der Waals surface area (Å²) >= 11 is 0. The van der Waals surface area contributed by atoms with Crippen LogP contribution in [0.25, 0.3) is 0 Å². The highest BCUT2D eigenvalue weighted by molar-refractivity contribution is 5.97. The van der Waals surface area contributed by atoms with Crippen LogP contribution in [-0.4, -0.2) is 148 Å². The van der Waals surface area contributed by atoms with Crippen LogP contribution in [0.15, 0.2) is 48.6 Å². The monoisotopic (exact) mass is 646 g/mol. The fourth-order valence-electron chi connectivity index (χ4n) is 4.88. The number of ether oxygens (including phenoxy) is 1. The van der Waals surface area contributed by atoms with Gasteiger partial charge >= 0.3 is 23.9 Å². The number of methoxy groups -OCH3 is 1. The van der Waals surface area contributed by atoms with Crippen LogP contribution in [0.2, 0.25) is 0 Å². The standard InChI is InChI=1S/C23H34N4O3.2C4H4O4/c1-24-11-9-19(10-12-24)25-13-15-26(16-14-25)22(28)17-27(20-5-6-20)23(29)18-3-7-21(30-2)8-4-18;2*5-3(6)1-2-4(7)8/h3-4,7-8,19-20H,5-6,9-17H2,1-2H3;2*1-2H,(H,5,6)(H,7,8)/b;2*2-1+. The Balaban J connectivity index is 0.000000381. The minimum absolute atomic E-state index is 0.0570. The molecule has 1 aliphatic carbocycles. The highest BCUT2D eigenvalue weighted by atomic mass is 16.5. The summed E-state index contributed by atoms with van der Waals surface area (Å²) in [4.78, 5) is 72.9. The molecule has 0 radical (unpaired) electrons. The number of hydrogen-bond acceptors (Lipinski definition) is 9. The number of hydrogen-bond donors (Lipinski definition) is 4. The number of nitrogens with zero attached hydrogens (tertiary/aromatic N) is 4. The Kier molecular flexibility index (Phi) is 15.4. The Morgan fingerprint density at radius 3 is 1.59 bits per heavy atom. The van der Waals surface area contributed by atoms with Crippen molar-refractivity contribution >= 4 is 35.7 Å². The largest absolute Gasteiger partial charge is 0.497 e. The van der Waals surface area contributed by atoms with E-state index in [0.717, 1.165) is 57.9 Å². The zero-order valence-corrected chi connectivity index (χ0v) is 26.0. The third-order valence-electron chi connectivity index (χ3n) is 7.50. The Labute approximate surface area is 266 Å². The second kappa shape index (κ2) is 18.9. The number of carbonyl (C=O) groups is 6. The van der Waals surface area contributed by atoms with Gasteiger partial charge in [-0.05, 0) is 70.1 Å². The van der Waals surface area contributed by atoms with Crippen molar-refractivity contribution in [1.29, 1.82) is 0 Å². The van der Waals surface area contributed by atoms with Gasteiger partial charge in [-0.25, -0.2) is 19.2 Å². The van der Waals surface area contributed by atoms with Gasteiger partial charge in [0.05, 0.1) is 7.11 Å². The molecule has 3 aliphatic rings. The predicted molar refractivity (Wildman–Crippen MR) is 165 cm³/mol. The minimum Gasteiger partial charge on any atom is -0.497 e. The molecule has 0 spiro atoms. The van der Waals surface area contributed by atoms with Crippen LogP contribution < -0.4 is 4.74 Å². The number of carboxylic acid groups (broad SMARTS) is 4. The van der Waals surface area contributed by atoms with Crippen molar-refractivity contribution in [2.24, 2.45) is 0 Å². The first-order valence-electron chi connectivity index (χ1n) is 14.7. The van der Waals surface area contributed by atoms with Crippen molar-refractivity contribution in [3.05, 3.63) is 54.1 Å². The minimum atomic E-state index is -1.26. The zero-order chi connectivity index (χ0) is 34.2. The van der Waals surface area contributed by atoms with Crippen LogP contribution in [0.1, 0.15) is 36.0 Å². The van der Waals surface area contributed by atoms with E-state index in [4.69, 9.17) is 25.2 Å². The maximum atomic E-state index is 13.0. The summed E-state index contributed by atoms with van der Waals surface area (Å²) in [7, 11) is 3.80. The molecule has 2 aliphatic heterocycles. The van der Waals surface area contributed by atoms with E-state index in [9.17, 15) is 28.8 Å². The van der Waals surface area contributed by atoms with Crippen molar-refractivity contribution in [3.63, 3.8) is 0 Å². The number of benzene rings is 1. The predicted octanol–water partition coefficient (Wildman–Crippen LogP) is 0.962. The molecule has 46 heavy (non-hydrogen) atoms. The normalized spacial score (nSPS) is 17.3. The maximum absolute atomic E-state index is 13.0. The fourth-order valence-corrected chi connectivity index (χ4v) is 4.88. The van der Waals surface area contributed by atoms with Gasteiger partial charge in [-0.3, -0.25) is 14.5 Å². The quantitative estimate of drug-likeness (QED) is 0.262. The van der Waals surface area contributed by atoms with Gasteiger partial charge in [-0.15, -0.1) is 0 Å². The Morgan fingerprint density at radius 1 is 0.739 bits per heavy atom. The van der Waals surface area contributed by atoms with E-state index < -0.39 is 23.9 Å². The average Bonchev–Trinajstić information content (AvgIpc) is 3.88. The lowest BCUT2D eigenvalue weighted by Gasteiger charge is -2.42. The second-order valence-electron chi connectivity index (χ2n) is 10.9. The molecule has 2 saturated heterocycles. The van der Waals surface area contributed by atoms with Crippen molar-refractivity contribution in [2.75, 3.05) is 60.0 Å². The molecule has 15 nitrogen and oxygen atoms in total. The molecule has 1 aromatic rings. The van der Waals surface area contributed by atoms with Gasteiger partial charge in [0.15, 0.2) is 0 Å². The highest BCUT2D eigenvalue weighted by Gasteiger charge is 2.36. The zero-order valence-electron chi connectivity index (χ0n) is 26.0. The lowest BCUT2D eigenvalue weighted by atomic mass is 10.0. The van der Waals surface area contributed by atoms with Crippen LogP contribution in [-0.2, 0) is 24.0 Å². The van der Waals surface area contributed by atoms with Crippen molar-refractivity contribution < 1.29 is 53.9 Å². The van der Waals surface area contributed by atoms with Crippen LogP contribution in [0.5, 0.6) is 5.75 Å². The average molecular weight is 647 g/mol. The number of likely N-dealkylation sites (tertiary alicyclic amines) is 1. The number of rotatable bonds is 10. The smallest absolute Gasteiger partial charge is 0.328 e. The van der Waals surface area contributed by atoms with Crippen LogP contribution >= 0.6 is 0 Å². The molecule has 0 bridgehead atoms. The number of carbonyl (C=O) groups excluding carboxylic acids is 2. The Morgan fingerprint density at radius 2 is 1.20 bits per heavy atom. The molecule has 252 valence electrons. The number of aliphatic carboxylic acids is 4. The SMILES string of the molecule is COc1ccc(C(=O)N(CC(=O)N2CCN(C3CCN(C)CC3)CC2)C2CC2)cc1.O=C(O)/C=C/C(=O)O.O=C(O)/C=C/C(=O)O. The number of amides is 2. The summed E-state index contributed by atoms with van der Waals surface area (Å²) in [5.74, 6) is -4.28. The van der Waals surface area contributed by atoms with E-state index in [1.165, 1.54) is 12.8 Å². The van der Waals surface area contributed by atoms with Gasteiger partial charge in [-0.1, -0.05) is 0 Å². The second-order valence-corrected chi connectivity index (χ2v) is 10.9. The summed E-state index contributed by atoms with van der Waals surface area (Å²) in [6.45, 7) is 5.91. The van der Waals surface area contributed by atoms with Gasteiger partial charge in [0.2, 0.25) is 5.91 Å². The molecule has 1 aromatic carbocycles. The summed E-state index contributed by atoms with van der Waals surface area (Å²) in [5.41, 5.74) is 0.614. The lowest BCUT2D eigenvalue weighted by Crippen LogP contribution is -2.55. The molecule has 2 amide bonds. The summed E-state index contributed by atoms with van der Waals surface area (Å²) in [5, 5.41) is 31.2. The molecule has 3 fully saturated rings. The molecular formula is C31H42N4O11. The first-order chi connectivity index (χ1) is 21.8. The van der Waals surface area contributed by atoms with Gasteiger partial charge in [-0.2, -0.15) is 0 Å². The van der Waals surface area contributed by atoms with Gasteiger partial charge in [0.25, 0.3) is 5.91 Å². The molecular weight excluding hydrogens is 604 g/mol. The summed E-state index contributed by atoms with van der Waals surface area (Å²) in [6.07, 6.45) is 6.64. The number of piperazine rings is 1. The summed E-state index contributed by atoms with van der Waals surface area (Å²) < 4.78 is 5.18. The van der Waals surface area contributed by atoms with Crippen molar-refractivity contribution in [1.82, 2.24) is 19.6 Å². The molecule has 15 heteroatoms. The van der Waals surface area contributed by atoms with Crippen molar-refractivity contribution in [3.8, 4) is 5.75 Å². The third-order valence-corrected chi connectivity index (χ3v) is 7.50. The molecule has 2 heterocycles. The molecule has 4 N–H and O–H groups in total. The van der Waals surface area contributed by atoms with E-state index in [0.29, 0.717) is 35.9 Å². The van der Waals surface area contributed by atoms with Crippen LogP contribution in [0, 0.1) is 0 Å². The van der Waals surface area contributed by atoms with Gasteiger partial charge < -0.3 is 39.9 Å². The molecule has 4 rings (SSSR count). The maximum Gasteiger partial charge on any atom is 0.328 e. The van der Waals surface area contributed by atoms with Crippen molar-refractivity contribution in [2.45, 2.75) is 37.8 Å². The Hall–Kier alpha value is -4.76. The third kappa shape index (κ3) is 13.9. The first-order valence-corrected chi connectivity index (χ1v) is 14.7. The number of carboxylic acids is 4. The van der Waals surface area contributed by atoms with E-state index in [-0.39, 0.29) is 24.4 Å². The van der Waals surface area contributed by atoms with Crippen LogP contribution in [0.3, 0.4) is 0 Å².